The monoisotopic (exact) mass is 350 g/mol. The van der Waals surface area contributed by atoms with Crippen molar-refractivity contribution in [3.8, 4) is 0 Å². The molecule has 21 heavy (non-hydrogen) atoms. The van der Waals surface area contributed by atoms with Crippen LogP contribution >= 0.6 is 23.2 Å². The molecule has 1 heterocycles. The molecule has 1 aliphatic rings. The number of hydrogen-bond donors (Lipinski definition) is 1. The molecule has 1 aliphatic heterocycles. The zero-order valence-electron chi connectivity index (χ0n) is 11.7. The fraction of sp³-hybridized carbons (Fsp3) is 0.462. The van der Waals surface area contributed by atoms with Gasteiger partial charge in [-0.15, -0.1) is 0 Å². The van der Waals surface area contributed by atoms with Gasteiger partial charge in [0.2, 0.25) is 0 Å². The molecule has 1 fully saturated rings. The second-order valence-corrected chi connectivity index (χ2v) is 8.21. The van der Waals surface area contributed by atoms with Gasteiger partial charge in [0.1, 0.15) is 0 Å². The van der Waals surface area contributed by atoms with Crippen LogP contribution in [0.15, 0.2) is 12.1 Å². The molecule has 0 bridgehead atoms. The average Bonchev–Trinajstić information content (AvgIpc) is 2.75. The first-order valence-corrected chi connectivity index (χ1v) is 8.97. The van der Waals surface area contributed by atoms with Crippen molar-refractivity contribution in [1.82, 2.24) is 4.90 Å². The van der Waals surface area contributed by atoms with Crippen molar-refractivity contribution in [3.63, 3.8) is 0 Å². The van der Waals surface area contributed by atoms with Gasteiger partial charge in [0.25, 0.3) is 0 Å². The Kier molecular flexibility index (Phi) is 4.70. The maximum absolute atomic E-state index is 12.2. The van der Waals surface area contributed by atoms with Crippen molar-refractivity contribution < 1.29 is 13.2 Å². The van der Waals surface area contributed by atoms with Crippen LogP contribution in [0.4, 0.5) is 10.5 Å². The summed E-state index contributed by atoms with van der Waals surface area (Å²) in [5, 5.41) is 3.60. The normalized spacial score (nSPS) is 20.3. The number of amides is 2. The molecule has 0 saturated carbocycles. The van der Waals surface area contributed by atoms with Crippen molar-refractivity contribution in [2.45, 2.75) is 19.4 Å². The van der Waals surface area contributed by atoms with Gasteiger partial charge >= 0.3 is 6.03 Å². The van der Waals surface area contributed by atoms with Crippen LogP contribution in [0.1, 0.15) is 12.0 Å². The van der Waals surface area contributed by atoms with E-state index in [9.17, 15) is 13.2 Å². The number of sulfone groups is 1. The fourth-order valence-electron chi connectivity index (χ4n) is 2.18. The van der Waals surface area contributed by atoms with Crippen LogP contribution in [-0.4, -0.2) is 43.9 Å². The first kappa shape index (κ1) is 16.4. The molecule has 0 aromatic heterocycles. The third kappa shape index (κ3) is 3.81. The first-order valence-electron chi connectivity index (χ1n) is 6.39. The molecule has 8 heteroatoms. The van der Waals surface area contributed by atoms with Crippen molar-refractivity contribution in [1.29, 1.82) is 0 Å². The van der Waals surface area contributed by atoms with Gasteiger partial charge in [-0.25, -0.2) is 13.2 Å². The summed E-state index contributed by atoms with van der Waals surface area (Å²) in [6, 6.07) is 2.54. The number of carbonyl (C=O) groups excluding carboxylic acids is 1. The van der Waals surface area contributed by atoms with Crippen LogP contribution in [0.25, 0.3) is 0 Å². The quantitative estimate of drug-likeness (QED) is 0.891. The zero-order valence-corrected chi connectivity index (χ0v) is 14.0. The number of halogens is 2. The maximum Gasteiger partial charge on any atom is 0.321 e. The van der Waals surface area contributed by atoms with E-state index in [0.717, 1.165) is 5.56 Å². The van der Waals surface area contributed by atoms with Gasteiger partial charge in [0.05, 0.1) is 11.5 Å². The summed E-state index contributed by atoms with van der Waals surface area (Å²) in [5.74, 6) is 0.129. The Balaban J connectivity index is 2.08. The highest BCUT2D eigenvalue weighted by Crippen LogP contribution is 2.28. The number of nitrogens with zero attached hydrogens (tertiary/aromatic N) is 1. The van der Waals surface area contributed by atoms with E-state index >= 15 is 0 Å². The molecule has 1 aromatic rings. The lowest BCUT2D eigenvalue weighted by Gasteiger charge is -2.23. The van der Waals surface area contributed by atoms with E-state index in [0.29, 0.717) is 22.2 Å². The smallest absolute Gasteiger partial charge is 0.321 e. The molecule has 2 rings (SSSR count). The zero-order chi connectivity index (χ0) is 15.8. The van der Waals surface area contributed by atoms with Crippen molar-refractivity contribution in [3.05, 3.63) is 27.7 Å². The van der Waals surface area contributed by atoms with Crippen molar-refractivity contribution >= 4 is 44.8 Å². The average molecular weight is 351 g/mol. The summed E-state index contributed by atoms with van der Waals surface area (Å²) in [7, 11) is -1.45. The predicted molar refractivity (Wildman–Crippen MR) is 85.0 cm³/mol. The molecule has 5 nitrogen and oxygen atoms in total. The summed E-state index contributed by atoms with van der Waals surface area (Å²) in [4.78, 5) is 13.6. The number of anilines is 1. The number of carbonyl (C=O) groups is 1. The Labute approximate surface area is 134 Å². The van der Waals surface area contributed by atoms with Crippen molar-refractivity contribution in [2.24, 2.45) is 0 Å². The van der Waals surface area contributed by atoms with Gasteiger partial charge in [-0.1, -0.05) is 23.2 Å². The number of benzene rings is 1. The van der Waals surface area contributed by atoms with Gasteiger partial charge in [0.15, 0.2) is 9.84 Å². The minimum atomic E-state index is -3.03. The highest BCUT2D eigenvalue weighted by molar-refractivity contribution is 7.91. The van der Waals surface area contributed by atoms with E-state index in [1.807, 2.05) is 0 Å². The SMILES string of the molecule is Cc1c(Cl)cc(NC(=O)N(C)C2CCS(=O)(=O)C2)cc1Cl. The van der Waals surface area contributed by atoms with Crippen LogP contribution in [0.5, 0.6) is 0 Å². The molecular weight excluding hydrogens is 335 g/mol. The second kappa shape index (κ2) is 6.02. The van der Waals surface area contributed by atoms with Crippen LogP contribution in [-0.2, 0) is 9.84 Å². The molecule has 0 aliphatic carbocycles. The van der Waals surface area contributed by atoms with Crippen molar-refractivity contribution in [2.75, 3.05) is 23.9 Å². The van der Waals surface area contributed by atoms with E-state index in [2.05, 4.69) is 5.32 Å². The summed E-state index contributed by atoms with van der Waals surface area (Å²) < 4.78 is 22.9. The highest BCUT2D eigenvalue weighted by Gasteiger charge is 2.32. The molecule has 116 valence electrons. The number of nitrogens with one attached hydrogen (secondary N) is 1. The maximum atomic E-state index is 12.2. The molecule has 1 atom stereocenters. The third-order valence-corrected chi connectivity index (χ3v) is 6.14. The van der Waals surface area contributed by atoms with Crippen LogP contribution in [0, 0.1) is 6.92 Å². The van der Waals surface area contributed by atoms with E-state index in [-0.39, 0.29) is 23.6 Å². The van der Waals surface area contributed by atoms with E-state index < -0.39 is 9.84 Å². The first-order chi connectivity index (χ1) is 9.69. The predicted octanol–water partition coefficient (Wildman–Crippen LogP) is 2.95. The molecule has 1 saturated heterocycles. The van der Waals surface area contributed by atoms with Crippen LogP contribution < -0.4 is 5.32 Å². The fourth-order valence-corrected chi connectivity index (χ4v) is 4.44. The summed E-state index contributed by atoms with van der Waals surface area (Å²) in [5.41, 5.74) is 1.22. The standard InChI is InChI=1S/C13H16Cl2N2O3S/c1-8-11(14)5-9(6-12(8)15)16-13(18)17(2)10-3-4-21(19,20)7-10/h5-6,10H,3-4,7H2,1-2H3,(H,16,18). The Morgan fingerprint density at radius 2 is 1.90 bits per heavy atom. The van der Waals surface area contributed by atoms with E-state index in [1.165, 1.54) is 4.90 Å². The molecule has 1 aromatic carbocycles. The topological polar surface area (TPSA) is 66.5 Å². The molecule has 0 radical (unpaired) electrons. The number of rotatable bonds is 2. The molecule has 2 amide bonds. The lowest BCUT2D eigenvalue weighted by Crippen LogP contribution is -2.40. The molecule has 0 spiro atoms. The number of urea groups is 1. The minimum Gasteiger partial charge on any atom is -0.324 e. The minimum absolute atomic E-state index is 0.00628. The van der Waals surface area contributed by atoms with Gasteiger partial charge in [-0.3, -0.25) is 0 Å². The molecule has 1 unspecified atom stereocenters. The Hall–Kier alpha value is -0.980. The molecule has 1 N–H and O–H groups in total. The van der Waals surface area contributed by atoms with Gasteiger partial charge < -0.3 is 10.2 Å². The van der Waals surface area contributed by atoms with E-state index in [4.69, 9.17) is 23.2 Å². The molecular formula is C13H16Cl2N2O3S. The van der Waals surface area contributed by atoms with Gasteiger partial charge in [-0.05, 0) is 31.0 Å². The van der Waals surface area contributed by atoms with Gasteiger partial charge in [0, 0.05) is 28.8 Å². The Morgan fingerprint density at radius 3 is 2.38 bits per heavy atom. The third-order valence-electron chi connectivity index (χ3n) is 3.61. The van der Waals surface area contributed by atoms with Crippen LogP contribution in [0.3, 0.4) is 0 Å². The number of hydrogen-bond acceptors (Lipinski definition) is 3. The summed E-state index contributed by atoms with van der Waals surface area (Å²) in [6.07, 6.45) is 0.460. The second-order valence-electron chi connectivity index (χ2n) is 5.16. The van der Waals surface area contributed by atoms with Crippen LogP contribution in [0.2, 0.25) is 10.0 Å². The lowest BCUT2D eigenvalue weighted by atomic mass is 10.2. The van der Waals surface area contributed by atoms with Gasteiger partial charge in [-0.2, -0.15) is 0 Å². The Morgan fingerprint density at radius 1 is 1.33 bits per heavy atom. The summed E-state index contributed by atoms with van der Waals surface area (Å²) >= 11 is 12.0. The highest BCUT2D eigenvalue weighted by atomic mass is 35.5. The summed E-state index contributed by atoms with van der Waals surface area (Å²) in [6.45, 7) is 1.78. The Bertz CT molecular complexity index is 653. The largest absolute Gasteiger partial charge is 0.324 e. The lowest BCUT2D eigenvalue weighted by molar-refractivity contribution is 0.209. The van der Waals surface area contributed by atoms with E-state index in [1.54, 1.807) is 26.1 Å².